The number of rotatable bonds is 16. The van der Waals surface area contributed by atoms with Crippen molar-refractivity contribution in [3.63, 3.8) is 0 Å². The van der Waals surface area contributed by atoms with Crippen LogP contribution in [0.25, 0.3) is 17.0 Å². The van der Waals surface area contributed by atoms with E-state index < -0.39 is 129 Å². The number of aromatic nitrogens is 1. The summed E-state index contributed by atoms with van der Waals surface area (Å²) in [7, 11) is 2.07. The quantitative estimate of drug-likeness (QED) is 0.0360. The molecule has 22 nitrogen and oxygen atoms in total. The Bertz CT molecular complexity index is 2260. The summed E-state index contributed by atoms with van der Waals surface area (Å²) in [5.41, 5.74) is 28.3. The Hall–Kier alpha value is -2.78. The van der Waals surface area contributed by atoms with E-state index >= 15 is 0 Å². The molecule has 2 aromatic carbocycles. The summed E-state index contributed by atoms with van der Waals surface area (Å²) < 4.78 is 37.7. The van der Waals surface area contributed by atoms with Gasteiger partial charge in [0.1, 0.15) is 73.7 Å². The fourth-order valence-electron chi connectivity index (χ4n) is 9.55. The number of halogens is 1. The highest BCUT2D eigenvalue weighted by Gasteiger charge is 2.54. The summed E-state index contributed by atoms with van der Waals surface area (Å²) in [4.78, 5) is 16.5. The van der Waals surface area contributed by atoms with Gasteiger partial charge in [-0.2, -0.15) is 4.57 Å². The number of nitrogens with two attached hydrogens (primary N) is 4. The molecule has 5 heterocycles. The predicted octanol–water partition coefficient (Wildman–Crippen LogP) is -6.85. The molecule has 1 aromatic heterocycles. The average Bonchev–Trinajstić information content (AvgIpc) is 3.83. The molecule has 0 spiro atoms. The number of carbonyl (C=O) groups is 1. The van der Waals surface area contributed by atoms with E-state index in [0.717, 1.165) is 21.5 Å². The van der Waals surface area contributed by atoms with Crippen LogP contribution in [0, 0.1) is 0 Å². The van der Waals surface area contributed by atoms with E-state index in [1.807, 2.05) is 24.3 Å². The zero-order valence-electron chi connectivity index (χ0n) is 38.4. The number of carbonyl (C=O) groups excluding carboxylic acids is 1. The van der Waals surface area contributed by atoms with Gasteiger partial charge in [0.05, 0.1) is 47.5 Å². The van der Waals surface area contributed by atoms with Crippen LogP contribution >= 0.6 is 11.8 Å². The summed E-state index contributed by atoms with van der Waals surface area (Å²) >= 11 is 1.74. The van der Waals surface area contributed by atoms with Gasteiger partial charge in [0.25, 0.3) is 0 Å². The molecule has 0 radical (unpaired) electrons. The number of nitrogens with zero attached hydrogens (tertiary/aromatic N) is 2. The van der Waals surface area contributed by atoms with E-state index in [1.54, 1.807) is 11.8 Å². The number of hydrogen-bond acceptors (Lipinski definition) is 21. The number of pyridine rings is 1. The van der Waals surface area contributed by atoms with Crippen LogP contribution in [-0.4, -0.2) is 190 Å². The molecule has 1 amide bonds. The maximum Gasteiger partial charge on any atom is 0.220 e. The second-order valence-corrected chi connectivity index (χ2v) is 19.4. The first-order valence-electron chi connectivity index (χ1n) is 23.3. The van der Waals surface area contributed by atoms with Gasteiger partial charge < -0.3 is 126 Å². The smallest absolute Gasteiger partial charge is 0.220 e. The van der Waals surface area contributed by atoms with Crippen molar-refractivity contribution in [3.8, 4) is 0 Å². The number of aliphatic hydroxyl groups excluding tert-OH is 8. The summed E-state index contributed by atoms with van der Waals surface area (Å²) in [6.45, 7) is -0.941. The number of hydrogen-bond donors (Lipinski definition) is 13. The van der Waals surface area contributed by atoms with E-state index in [0.29, 0.717) is 19.4 Å². The number of fused-ring (bicyclic) bond motifs is 2. The molecule has 5 aliphatic rings. The van der Waals surface area contributed by atoms with Crippen molar-refractivity contribution in [1.82, 2.24) is 5.32 Å². The first-order chi connectivity index (χ1) is 33.1. The Morgan fingerprint density at radius 3 is 2.06 bits per heavy atom. The zero-order valence-corrected chi connectivity index (χ0v) is 41.4. The topological polar surface area (TPSA) is 358 Å². The highest BCUT2D eigenvalue weighted by molar-refractivity contribution is 8.03. The lowest BCUT2D eigenvalue weighted by molar-refractivity contribution is -0.671. The van der Waals surface area contributed by atoms with Gasteiger partial charge in [-0.3, -0.25) is 4.79 Å². The highest BCUT2D eigenvalue weighted by atomic mass is 127. The summed E-state index contributed by atoms with van der Waals surface area (Å²) in [6, 6.07) is 14.1. The molecule has 1 aliphatic carbocycles. The second-order valence-electron chi connectivity index (χ2n) is 18.3. The minimum absolute atomic E-state index is 0. The van der Waals surface area contributed by atoms with Crippen LogP contribution in [0.2, 0.25) is 0 Å². The number of aliphatic hydroxyl groups is 8. The van der Waals surface area contributed by atoms with Crippen LogP contribution in [0.3, 0.4) is 0 Å². The number of nitrogens with one attached hydrogen (secondary N) is 1. The molecule has 17 N–H and O–H groups in total. The molecule has 0 unspecified atom stereocenters. The third-order valence-electron chi connectivity index (χ3n) is 13.6. The SMILES string of the molecule is CN1/C(=C/c2cc[n+](CCCCC(=O)NC[C@@H]3O[C@H](O[C@H]4[C@@H](O)[C@H](O[C@@H]5[C@@H](O)[C@H](N)C[C@H](N)[C@H]5O[C@H]5O[C@H](CO)[C@@H](O)[C@H](O)[C@H]5N)O[C@@H]4CO)[C@H](N)[C@@H](O)[C@@H]3O)c3ccccc23)Sc2ccccc21.[I-]. The van der Waals surface area contributed by atoms with Crippen LogP contribution in [0.15, 0.2) is 70.7 Å². The average molecular weight is 1120 g/mol. The van der Waals surface area contributed by atoms with Crippen molar-refractivity contribution in [2.45, 2.75) is 153 Å². The first kappa shape index (κ1) is 55.0. The van der Waals surface area contributed by atoms with Crippen molar-refractivity contribution in [2.75, 3.05) is 31.7 Å². The second kappa shape index (κ2) is 24.1. The molecule has 4 aliphatic heterocycles. The van der Waals surface area contributed by atoms with Gasteiger partial charge in [-0.25, -0.2) is 0 Å². The number of amides is 1. The van der Waals surface area contributed by atoms with Crippen LogP contribution in [0.5, 0.6) is 0 Å². The fraction of sp³-hybridized carbons (Fsp3) is 0.609. The molecule has 8 rings (SSSR count). The van der Waals surface area contributed by atoms with Crippen LogP contribution in [0.4, 0.5) is 5.69 Å². The molecule has 3 saturated heterocycles. The first-order valence-corrected chi connectivity index (χ1v) is 24.1. The Balaban J connectivity index is 0.00000722. The predicted molar refractivity (Wildman–Crippen MR) is 247 cm³/mol. The molecule has 1 saturated carbocycles. The Morgan fingerprint density at radius 1 is 0.743 bits per heavy atom. The van der Waals surface area contributed by atoms with Crippen molar-refractivity contribution in [2.24, 2.45) is 22.9 Å². The maximum absolute atomic E-state index is 13.1. The van der Waals surface area contributed by atoms with Crippen molar-refractivity contribution < 1.29 is 103 Å². The Morgan fingerprint density at radius 2 is 1.36 bits per heavy atom. The summed E-state index contributed by atoms with van der Waals surface area (Å²) in [5.74, 6) is -0.311. The number of thioether (sulfide) groups is 1. The third kappa shape index (κ3) is 11.6. The van der Waals surface area contributed by atoms with Gasteiger partial charge >= 0.3 is 0 Å². The van der Waals surface area contributed by atoms with Crippen LogP contribution < -0.4 is 61.7 Å². The van der Waals surface area contributed by atoms with Gasteiger partial charge in [-0.05, 0) is 42.7 Å². The number of ether oxygens (including phenoxy) is 6. The van der Waals surface area contributed by atoms with Crippen LogP contribution in [-0.2, 0) is 39.8 Å². The lowest BCUT2D eigenvalue weighted by Gasteiger charge is -2.47. The van der Waals surface area contributed by atoms with Crippen molar-refractivity contribution in [3.05, 3.63) is 71.4 Å². The molecule has 19 atom stereocenters. The normalized spacial score (nSPS) is 38.2. The van der Waals surface area contributed by atoms with E-state index in [2.05, 4.69) is 64.4 Å². The summed E-state index contributed by atoms with van der Waals surface area (Å²) in [6.07, 6.45) is -16.0. The van der Waals surface area contributed by atoms with Gasteiger partial charge in [-0.1, -0.05) is 36.0 Å². The lowest BCUT2D eigenvalue weighted by atomic mass is 9.84. The fourth-order valence-corrected chi connectivity index (χ4v) is 10.7. The maximum atomic E-state index is 13.1. The van der Waals surface area contributed by atoms with E-state index in [9.17, 15) is 45.6 Å². The standard InChI is InChI=1S/C46H65N7O15S.HI/c1-52-26-10-4-5-11-30(26)69-32(52)16-21-13-15-53(25-9-3-2-8-22(21)25)14-7-6-12-31(56)51-18-27-36(58)38(60)33(49)44(63-27)67-42-29(20-55)65-46(40(42)62)68-43-35(57)23(47)17-24(48)41(43)66-45-34(50)39(61)37(59)28(19-54)64-45;/h2-5,8-11,13,15-16,23-24,27-29,33-46,54-55,57-62H,6-7,12,14,17-20,47-50H2,1H3;1H/t23-,24+,27+,28-,29-,33-,34-,35+,36-,37-,38-,39-,40-,41-,42-,43-,44-,45-,46+;/m1./s1. The van der Waals surface area contributed by atoms with Crippen molar-refractivity contribution in [1.29, 1.82) is 0 Å². The largest absolute Gasteiger partial charge is 1.00 e. The Labute approximate surface area is 425 Å². The minimum Gasteiger partial charge on any atom is -1.00 e. The van der Waals surface area contributed by atoms with Crippen molar-refractivity contribution >= 4 is 40.3 Å². The van der Waals surface area contributed by atoms with Gasteiger partial charge in [0.2, 0.25) is 11.4 Å². The molecule has 3 aromatic rings. The summed E-state index contributed by atoms with van der Waals surface area (Å²) in [5, 5.41) is 90.3. The van der Waals surface area contributed by atoms with E-state index in [4.69, 9.17) is 51.4 Å². The number of unbranched alkanes of at least 4 members (excludes halogenated alkanes) is 1. The van der Waals surface area contributed by atoms with Crippen LogP contribution in [0.1, 0.15) is 31.2 Å². The molecular weight excluding hydrogens is 1050 g/mol. The monoisotopic (exact) mass is 1120 g/mol. The van der Waals surface area contributed by atoms with Gasteiger partial charge in [0, 0.05) is 55.5 Å². The van der Waals surface area contributed by atoms with E-state index in [-0.39, 0.29) is 49.3 Å². The van der Waals surface area contributed by atoms with E-state index in [1.165, 1.54) is 10.6 Å². The lowest BCUT2D eigenvalue weighted by Crippen LogP contribution is -3.00. The number of benzene rings is 2. The van der Waals surface area contributed by atoms with Gasteiger partial charge in [-0.15, -0.1) is 0 Å². The highest BCUT2D eigenvalue weighted by Crippen LogP contribution is 2.45. The molecule has 70 heavy (non-hydrogen) atoms. The molecule has 388 valence electrons. The Kier molecular flexibility index (Phi) is 18.9. The number of para-hydroxylation sites is 2. The molecule has 4 fully saturated rings. The third-order valence-corrected chi connectivity index (χ3v) is 14.8. The number of anilines is 1. The number of aryl methyl sites for hydroxylation is 1. The molecule has 24 heteroatoms. The molecule has 0 bridgehead atoms. The van der Waals surface area contributed by atoms with Gasteiger partial charge in [0.15, 0.2) is 25.1 Å². The molecular formula is C46H66IN7O15S. The minimum atomic E-state index is -1.70. The zero-order chi connectivity index (χ0) is 49.3.